The standard InChI is InChI=1S/C9H19N3O/c1-8-9(2)12(6-7-13-5)11(4)10(8)3/h6-7H2,1-5H3. The molecule has 0 radical (unpaired) electrons. The minimum absolute atomic E-state index is 0.753. The van der Waals surface area contributed by atoms with Crippen LogP contribution >= 0.6 is 0 Å². The van der Waals surface area contributed by atoms with Gasteiger partial charge in [0.2, 0.25) is 0 Å². The Hall–Kier alpha value is -0.740. The van der Waals surface area contributed by atoms with E-state index >= 15 is 0 Å². The molecule has 0 saturated heterocycles. The van der Waals surface area contributed by atoms with Gasteiger partial charge in [-0.3, -0.25) is 10.0 Å². The van der Waals surface area contributed by atoms with Crippen molar-refractivity contribution in [3.63, 3.8) is 0 Å². The van der Waals surface area contributed by atoms with E-state index in [9.17, 15) is 0 Å². The van der Waals surface area contributed by atoms with Gasteiger partial charge in [0.15, 0.2) is 0 Å². The summed E-state index contributed by atoms with van der Waals surface area (Å²) >= 11 is 0. The van der Waals surface area contributed by atoms with E-state index < -0.39 is 0 Å². The van der Waals surface area contributed by atoms with Gasteiger partial charge < -0.3 is 4.74 Å². The fourth-order valence-electron chi connectivity index (χ4n) is 1.51. The molecule has 4 nitrogen and oxygen atoms in total. The summed E-state index contributed by atoms with van der Waals surface area (Å²) in [6, 6.07) is 0. The van der Waals surface area contributed by atoms with Crippen molar-refractivity contribution in [2.75, 3.05) is 34.4 Å². The fourth-order valence-corrected chi connectivity index (χ4v) is 1.51. The quantitative estimate of drug-likeness (QED) is 0.650. The summed E-state index contributed by atoms with van der Waals surface area (Å²) in [6.07, 6.45) is 0. The predicted molar refractivity (Wildman–Crippen MR) is 52.5 cm³/mol. The Labute approximate surface area is 80.3 Å². The molecule has 0 amide bonds. The maximum absolute atomic E-state index is 5.06. The molecule has 1 heterocycles. The number of hydrogen-bond donors (Lipinski definition) is 0. The summed E-state index contributed by atoms with van der Waals surface area (Å²) in [5, 5.41) is 6.44. The number of rotatable bonds is 3. The van der Waals surface area contributed by atoms with E-state index in [1.807, 2.05) is 0 Å². The van der Waals surface area contributed by atoms with Crippen molar-refractivity contribution in [3.05, 3.63) is 11.4 Å². The van der Waals surface area contributed by atoms with Gasteiger partial charge in [-0.1, -0.05) is 0 Å². The smallest absolute Gasteiger partial charge is 0.0654 e. The second-order valence-corrected chi connectivity index (χ2v) is 3.30. The molecule has 0 bridgehead atoms. The molecule has 0 atom stereocenters. The number of hydrazine groups is 2. The van der Waals surface area contributed by atoms with Crippen LogP contribution < -0.4 is 0 Å². The first kappa shape index (κ1) is 10.3. The van der Waals surface area contributed by atoms with Crippen LogP contribution in [0.5, 0.6) is 0 Å². The number of ether oxygens (including phenoxy) is 1. The van der Waals surface area contributed by atoms with Crippen molar-refractivity contribution < 1.29 is 4.74 Å². The molecular weight excluding hydrogens is 166 g/mol. The molecule has 0 unspecified atom stereocenters. The lowest BCUT2D eigenvalue weighted by atomic mass is 10.3. The molecule has 13 heavy (non-hydrogen) atoms. The third-order valence-corrected chi connectivity index (χ3v) is 2.69. The van der Waals surface area contributed by atoms with Crippen molar-refractivity contribution in [2.24, 2.45) is 0 Å². The summed E-state index contributed by atoms with van der Waals surface area (Å²) in [4.78, 5) is 0. The van der Waals surface area contributed by atoms with Gasteiger partial charge in [0.25, 0.3) is 0 Å². The highest BCUT2D eigenvalue weighted by Crippen LogP contribution is 2.23. The lowest BCUT2D eigenvalue weighted by Gasteiger charge is -2.31. The molecule has 0 aromatic rings. The second kappa shape index (κ2) is 3.98. The fraction of sp³-hybridized carbons (Fsp3) is 0.778. The van der Waals surface area contributed by atoms with Crippen LogP contribution in [0, 0.1) is 0 Å². The molecular formula is C9H19N3O. The van der Waals surface area contributed by atoms with Crippen LogP contribution in [0.3, 0.4) is 0 Å². The Kier molecular flexibility index (Phi) is 3.17. The highest BCUT2D eigenvalue weighted by atomic mass is 16.5. The van der Waals surface area contributed by atoms with Gasteiger partial charge in [0.1, 0.15) is 0 Å². The normalized spacial score (nSPS) is 19.2. The Morgan fingerprint density at radius 3 is 2.15 bits per heavy atom. The minimum atomic E-state index is 0.753. The van der Waals surface area contributed by atoms with E-state index in [0.29, 0.717) is 0 Å². The summed E-state index contributed by atoms with van der Waals surface area (Å²) in [6.45, 7) is 5.91. The Balaban J connectivity index is 2.65. The van der Waals surface area contributed by atoms with Crippen LogP contribution in [-0.4, -0.2) is 49.5 Å². The van der Waals surface area contributed by atoms with Crippen LogP contribution in [0.15, 0.2) is 11.4 Å². The molecule has 1 aliphatic rings. The summed E-state index contributed by atoms with van der Waals surface area (Å²) in [7, 11) is 5.84. The van der Waals surface area contributed by atoms with E-state index in [1.54, 1.807) is 7.11 Å². The van der Waals surface area contributed by atoms with Crippen molar-refractivity contribution in [1.29, 1.82) is 0 Å². The Morgan fingerprint density at radius 1 is 1.15 bits per heavy atom. The summed E-state index contributed by atoms with van der Waals surface area (Å²) in [5.41, 5.74) is 2.58. The number of nitrogens with zero attached hydrogens (tertiary/aromatic N) is 3. The maximum atomic E-state index is 5.06. The third kappa shape index (κ3) is 1.78. The molecule has 0 spiro atoms. The summed E-state index contributed by atoms with van der Waals surface area (Å²) < 4.78 is 5.06. The lowest BCUT2D eigenvalue weighted by molar-refractivity contribution is -0.0872. The molecule has 0 aromatic carbocycles. The van der Waals surface area contributed by atoms with E-state index in [0.717, 1.165) is 13.2 Å². The zero-order chi connectivity index (χ0) is 10.0. The molecule has 4 heteroatoms. The van der Waals surface area contributed by atoms with Crippen molar-refractivity contribution in [1.82, 2.24) is 15.1 Å². The van der Waals surface area contributed by atoms with E-state index in [-0.39, 0.29) is 0 Å². The van der Waals surface area contributed by atoms with E-state index in [1.165, 1.54) is 11.4 Å². The first-order valence-electron chi connectivity index (χ1n) is 4.50. The number of hydrogen-bond acceptors (Lipinski definition) is 4. The van der Waals surface area contributed by atoms with Crippen molar-refractivity contribution in [2.45, 2.75) is 13.8 Å². The van der Waals surface area contributed by atoms with Gasteiger partial charge in [-0.05, 0) is 13.8 Å². The lowest BCUT2D eigenvalue weighted by Crippen LogP contribution is -2.42. The van der Waals surface area contributed by atoms with Gasteiger partial charge in [-0.2, -0.15) is 0 Å². The van der Waals surface area contributed by atoms with Gasteiger partial charge in [-0.25, -0.2) is 0 Å². The maximum Gasteiger partial charge on any atom is 0.0654 e. The molecule has 0 aromatic heterocycles. The van der Waals surface area contributed by atoms with E-state index in [4.69, 9.17) is 4.74 Å². The van der Waals surface area contributed by atoms with E-state index in [2.05, 4.69) is 43.1 Å². The average Bonchev–Trinajstić information content (AvgIpc) is 2.30. The SMILES string of the molecule is COCCN1C(C)=C(C)N(C)N1C. The van der Waals surface area contributed by atoms with Crippen LogP contribution in [0.1, 0.15) is 13.8 Å². The molecule has 0 N–H and O–H groups in total. The summed E-state index contributed by atoms with van der Waals surface area (Å²) in [5.74, 6) is 0. The van der Waals surface area contributed by atoms with Gasteiger partial charge in [0.05, 0.1) is 13.2 Å². The Bertz CT molecular complexity index is 215. The Morgan fingerprint density at radius 2 is 1.77 bits per heavy atom. The highest BCUT2D eigenvalue weighted by molar-refractivity contribution is 5.10. The van der Waals surface area contributed by atoms with Gasteiger partial charge >= 0.3 is 0 Å². The largest absolute Gasteiger partial charge is 0.383 e. The molecule has 1 aliphatic heterocycles. The van der Waals surface area contributed by atoms with Gasteiger partial charge in [-0.15, -0.1) is 5.12 Å². The molecule has 0 fully saturated rings. The average molecular weight is 185 g/mol. The molecule has 76 valence electrons. The monoisotopic (exact) mass is 185 g/mol. The van der Waals surface area contributed by atoms with Crippen LogP contribution in [0.2, 0.25) is 0 Å². The van der Waals surface area contributed by atoms with Crippen molar-refractivity contribution >= 4 is 0 Å². The molecule has 0 aliphatic carbocycles. The predicted octanol–water partition coefficient (Wildman–Crippen LogP) is 0.893. The topological polar surface area (TPSA) is 19.0 Å². The minimum Gasteiger partial charge on any atom is -0.383 e. The second-order valence-electron chi connectivity index (χ2n) is 3.30. The van der Waals surface area contributed by atoms with Crippen LogP contribution in [0.25, 0.3) is 0 Å². The zero-order valence-corrected chi connectivity index (χ0v) is 9.16. The number of methoxy groups -OCH3 is 1. The zero-order valence-electron chi connectivity index (χ0n) is 9.16. The highest BCUT2D eigenvalue weighted by Gasteiger charge is 2.25. The molecule has 1 rings (SSSR count). The first-order chi connectivity index (χ1) is 6.09. The first-order valence-corrected chi connectivity index (χ1v) is 4.50. The third-order valence-electron chi connectivity index (χ3n) is 2.69. The van der Waals surface area contributed by atoms with Crippen LogP contribution in [-0.2, 0) is 4.74 Å². The molecule has 0 saturated carbocycles. The van der Waals surface area contributed by atoms with Crippen molar-refractivity contribution in [3.8, 4) is 0 Å². The van der Waals surface area contributed by atoms with Gasteiger partial charge in [0, 0.05) is 32.6 Å². The van der Waals surface area contributed by atoms with Crippen LogP contribution in [0.4, 0.5) is 0 Å². The number of allylic oxidation sites excluding steroid dienone is 2.